The maximum Gasteiger partial charge on any atom is 0.240 e. The van der Waals surface area contributed by atoms with Crippen LogP contribution >= 0.6 is 0 Å². The Balaban J connectivity index is 1.79. The predicted octanol–water partition coefficient (Wildman–Crippen LogP) is 2.71. The van der Waals surface area contributed by atoms with Crippen LogP contribution in [0.4, 0.5) is 10.1 Å². The van der Waals surface area contributed by atoms with Gasteiger partial charge in [-0.1, -0.05) is 30.2 Å². The second-order valence-corrected chi connectivity index (χ2v) is 5.35. The van der Waals surface area contributed by atoms with E-state index in [0.29, 0.717) is 11.3 Å². The van der Waals surface area contributed by atoms with E-state index in [0.717, 1.165) is 0 Å². The molecule has 2 rings (SSSR count). The summed E-state index contributed by atoms with van der Waals surface area (Å²) in [5, 5.41) is 6.25. The van der Waals surface area contributed by atoms with Gasteiger partial charge in [0.25, 0.3) is 0 Å². The Hall–Kier alpha value is -3.66. The Morgan fingerprint density at radius 2 is 1.81 bits per heavy atom. The Labute approximate surface area is 156 Å². The molecule has 2 N–H and O–H groups in total. The van der Waals surface area contributed by atoms with Crippen LogP contribution < -0.4 is 15.5 Å². The lowest BCUT2D eigenvalue weighted by atomic mass is 10.2. The first-order chi connectivity index (χ1) is 13.1. The highest BCUT2D eigenvalue weighted by atomic mass is 19.1. The number of rotatable bonds is 8. The lowest BCUT2D eigenvalue weighted by Gasteiger charge is -2.06. The number of hydrazone groups is 1. The molecule has 0 saturated carbocycles. The molecule has 7 heteroatoms. The largest absolute Gasteiger partial charge is 0.480 e. The smallest absolute Gasteiger partial charge is 0.240 e. The molecule has 0 spiro atoms. The summed E-state index contributed by atoms with van der Waals surface area (Å²) in [4.78, 5) is 23.6. The summed E-state index contributed by atoms with van der Waals surface area (Å²) in [5.41, 5.74) is 3.04. The average Bonchev–Trinajstić information content (AvgIpc) is 2.67. The number of anilines is 1. The van der Waals surface area contributed by atoms with Gasteiger partial charge in [-0.05, 0) is 24.3 Å². The molecule has 0 radical (unpaired) electrons. The van der Waals surface area contributed by atoms with E-state index in [1.807, 2.05) is 0 Å². The second kappa shape index (κ2) is 10.4. The number of nitrogens with one attached hydrogen (secondary N) is 2. The standard InChI is InChI=1S/C20H18FN3O3/c1-2-13-27-18-10-6-3-7-15(18)14-22-24-20(26)12-11-19(25)23-17-9-5-4-8-16(17)21/h1,3-10,14H,11-13H2,(H,23,25)(H,24,26). The predicted molar refractivity (Wildman–Crippen MR) is 101 cm³/mol. The van der Waals surface area contributed by atoms with E-state index in [4.69, 9.17) is 11.2 Å². The van der Waals surface area contributed by atoms with Gasteiger partial charge in [0.1, 0.15) is 18.2 Å². The minimum Gasteiger partial charge on any atom is -0.480 e. The number of hydrogen-bond donors (Lipinski definition) is 2. The quantitative estimate of drug-likeness (QED) is 0.428. The van der Waals surface area contributed by atoms with Crippen molar-refractivity contribution in [2.24, 2.45) is 5.10 Å². The molecule has 2 aromatic rings. The molecule has 0 aliphatic carbocycles. The fourth-order valence-corrected chi connectivity index (χ4v) is 2.07. The van der Waals surface area contributed by atoms with Crippen LogP contribution in [-0.2, 0) is 9.59 Å². The SMILES string of the molecule is C#CCOc1ccccc1C=NNC(=O)CCC(=O)Nc1ccccc1F. The van der Waals surface area contributed by atoms with E-state index in [1.165, 1.54) is 24.4 Å². The molecule has 0 aliphatic heterocycles. The highest BCUT2D eigenvalue weighted by molar-refractivity contribution is 5.93. The zero-order chi connectivity index (χ0) is 19.5. The van der Waals surface area contributed by atoms with Crippen molar-refractivity contribution < 1.29 is 18.7 Å². The molecule has 0 fully saturated rings. The fourth-order valence-electron chi connectivity index (χ4n) is 2.07. The maximum atomic E-state index is 13.5. The number of benzene rings is 2. The van der Waals surface area contributed by atoms with Crippen LogP contribution in [0, 0.1) is 18.2 Å². The van der Waals surface area contributed by atoms with Crippen LogP contribution in [-0.4, -0.2) is 24.6 Å². The molecule has 0 unspecified atom stereocenters. The molecule has 0 bridgehead atoms. The highest BCUT2D eigenvalue weighted by Gasteiger charge is 2.09. The van der Waals surface area contributed by atoms with Gasteiger partial charge >= 0.3 is 0 Å². The molecular weight excluding hydrogens is 349 g/mol. The molecule has 2 aromatic carbocycles. The Morgan fingerprint density at radius 1 is 1.11 bits per heavy atom. The second-order valence-electron chi connectivity index (χ2n) is 5.35. The number of para-hydroxylation sites is 2. The lowest BCUT2D eigenvalue weighted by Crippen LogP contribution is -2.21. The van der Waals surface area contributed by atoms with Crippen molar-refractivity contribution in [3.8, 4) is 18.1 Å². The van der Waals surface area contributed by atoms with E-state index < -0.39 is 17.6 Å². The zero-order valence-corrected chi connectivity index (χ0v) is 14.4. The van der Waals surface area contributed by atoms with E-state index in [1.54, 1.807) is 30.3 Å². The van der Waals surface area contributed by atoms with Crippen molar-refractivity contribution >= 4 is 23.7 Å². The number of carbonyl (C=O) groups is 2. The van der Waals surface area contributed by atoms with Gasteiger partial charge in [0.2, 0.25) is 11.8 Å². The molecule has 0 saturated heterocycles. The highest BCUT2D eigenvalue weighted by Crippen LogP contribution is 2.15. The van der Waals surface area contributed by atoms with Crippen LogP contribution in [0.5, 0.6) is 5.75 Å². The van der Waals surface area contributed by atoms with Crippen molar-refractivity contribution in [2.75, 3.05) is 11.9 Å². The minimum absolute atomic E-state index is 0.0736. The van der Waals surface area contributed by atoms with E-state index in [-0.39, 0.29) is 25.1 Å². The number of nitrogens with zero attached hydrogens (tertiary/aromatic N) is 1. The van der Waals surface area contributed by atoms with Gasteiger partial charge in [0, 0.05) is 18.4 Å². The summed E-state index contributed by atoms with van der Waals surface area (Å²) in [6.07, 6.45) is 6.39. The number of terminal acetylenes is 1. The van der Waals surface area contributed by atoms with Crippen LogP contribution in [0.15, 0.2) is 53.6 Å². The van der Waals surface area contributed by atoms with E-state index in [2.05, 4.69) is 21.8 Å². The van der Waals surface area contributed by atoms with Crippen LogP contribution in [0.2, 0.25) is 0 Å². The monoisotopic (exact) mass is 367 g/mol. The van der Waals surface area contributed by atoms with Crippen molar-refractivity contribution in [1.82, 2.24) is 5.43 Å². The summed E-state index contributed by atoms with van der Waals surface area (Å²) in [5.74, 6) is 1.46. The molecule has 2 amide bonds. The first-order valence-electron chi connectivity index (χ1n) is 8.11. The number of amides is 2. The number of ether oxygens (including phenoxy) is 1. The third kappa shape index (κ3) is 6.63. The molecule has 0 aromatic heterocycles. The van der Waals surface area contributed by atoms with Gasteiger partial charge in [0.15, 0.2) is 0 Å². The number of halogens is 1. The zero-order valence-electron chi connectivity index (χ0n) is 14.4. The summed E-state index contributed by atoms with van der Waals surface area (Å²) < 4.78 is 18.8. The Morgan fingerprint density at radius 3 is 2.59 bits per heavy atom. The van der Waals surface area contributed by atoms with Crippen molar-refractivity contribution in [2.45, 2.75) is 12.8 Å². The van der Waals surface area contributed by atoms with Gasteiger partial charge in [-0.3, -0.25) is 9.59 Å². The van der Waals surface area contributed by atoms with Crippen molar-refractivity contribution in [1.29, 1.82) is 0 Å². The molecule has 27 heavy (non-hydrogen) atoms. The minimum atomic E-state index is -0.536. The van der Waals surface area contributed by atoms with E-state index in [9.17, 15) is 14.0 Å². The first kappa shape index (κ1) is 19.7. The van der Waals surface area contributed by atoms with Crippen LogP contribution in [0.1, 0.15) is 18.4 Å². The van der Waals surface area contributed by atoms with Gasteiger partial charge in [-0.25, -0.2) is 9.82 Å². The van der Waals surface area contributed by atoms with Crippen molar-refractivity contribution in [3.63, 3.8) is 0 Å². The van der Waals surface area contributed by atoms with Gasteiger partial charge < -0.3 is 10.1 Å². The third-order valence-electron chi connectivity index (χ3n) is 3.35. The van der Waals surface area contributed by atoms with Gasteiger partial charge in [-0.15, -0.1) is 6.42 Å². The summed E-state index contributed by atoms with van der Waals surface area (Å²) in [6, 6.07) is 12.9. The molecule has 0 atom stereocenters. The van der Waals surface area contributed by atoms with Crippen molar-refractivity contribution in [3.05, 3.63) is 59.9 Å². The number of hydrogen-bond acceptors (Lipinski definition) is 4. The Bertz CT molecular complexity index is 875. The van der Waals surface area contributed by atoms with Gasteiger partial charge in [0.05, 0.1) is 11.9 Å². The fraction of sp³-hybridized carbons (Fsp3) is 0.150. The number of carbonyl (C=O) groups excluding carboxylic acids is 2. The lowest BCUT2D eigenvalue weighted by molar-refractivity contribution is -0.124. The van der Waals surface area contributed by atoms with Crippen LogP contribution in [0.25, 0.3) is 0 Å². The normalized spacial score (nSPS) is 10.2. The molecule has 0 aliphatic rings. The molecule has 0 heterocycles. The average molecular weight is 367 g/mol. The molecular formula is C20H18FN3O3. The van der Waals surface area contributed by atoms with Gasteiger partial charge in [-0.2, -0.15) is 5.10 Å². The summed E-state index contributed by atoms with van der Waals surface area (Å²) >= 11 is 0. The van der Waals surface area contributed by atoms with Crippen LogP contribution in [0.3, 0.4) is 0 Å². The molecule has 6 nitrogen and oxygen atoms in total. The first-order valence-corrected chi connectivity index (χ1v) is 8.11. The Kier molecular flexibility index (Phi) is 7.54. The van der Waals surface area contributed by atoms with E-state index >= 15 is 0 Å². The maximum absolute atomic E-state index is 13.5. The third-order valence-corrected chi connectivity index (χ3v) is 3.35. The summed E-state index contributed by atoms with van der Waals surface area (Å²) in [6.45, 7) is 0.119. The molecule has 138 valence electrons. The topological polar surface area (TPSA) is 79.8 Å². The summed E-state index contributed by atoms with van der Waals surface area (Å²) in [7, 11) is 0.